The summed E-state index contributed by atoms with van der Waals surface area (Å²) in [6, 6.07) is 4.85. The van der Waals surface area contributed by atoms with Gasteiger partial charge in [-0.05, 0) is 32.0 Å². The number of halogens is 2. The summed E-state index contributed by atoms with van der Waals surface area (Å²) in [6.45, 7) is 7.62. The summed E-state index contributed by atoms with van der Waals surface area (Å²) in [5.41, 5.74) is 0.875. The molecule has 0 aliphatic heterocycles. The van der Waals surface area contributed by atoms with Crippen LogP contribution in [0.1, 0.15) is 13.8 Å². The van der Waals surface area contributed by atoms with Crippen LogP contribution >= 0.6 is 23.2 Å². The van der Waals surface area contributed by atoms with Crippen molar-refractivity contribution in [1.82, 2.24) is 5.32 Å². The molecular weight excluding hydrogens is 273 g/mol. The molecule has 0 bridgehead atoms. The van der Waals surface area contributed by atoms with Gasteiger partial charge in [0, 0.05) is 11.6 Å². The van der Waals surface area contributed by atoms with Crippen LogP contribution in [0, 0.1) is 0 Å². The van der Waals surface area contributed by atoms with Gasteiger partial charge in [-0.1, -0.05) is 35.4 Å². The molecule has 0 aromatic heterocycles. The number of hydrogen-bond acceptors (Lipinski definition) is 2. The first-order valence-corrected chi connectivity index (χ1v) is 6.19. The molecule has 1 atom stereocenters. The van der Waals surface area contributed by atoms with E-state index in [1.165, 1.54) is 0 Å². The summed E-state index contributed by atoms with van der Waals surface area (Å²) in [4.78, 5) is 11.7. The van der Waals surface area contributed by atoms with Crippen LogP contribution in [0.3, 0.4) is 0 Å². The third kappa shape index (κ3) is 4.59. The van der Waals surface area contributed by atoms with E-state index in [4.69, 9.17) is 27.9 Å². The topological polar surface area (TPSA) is 38.3 Å². The zero-order chi connectivity index (χ0) is 13.7. The van der Waals surface area contributed by atoms with Gasteiger partial charge in [-0.15, -0.1) is 0 Å². The normalized spacial score (nSPS) is 11.8. The van der Waals surface area contributed by atoms with Crippen molar-refractivity contribution in [2.75, 3.05) is 6.54 Å². The van der Waals surface area contributed by atoms with Gasteiger partial charge in [0.15, 0.2) is 6.10 Å². The van der Waals surface area contributed by atoms with E-state index in [1.54, 1.807) is 25.1 Å². The Labute approximate surface area is 117 Å². The molecule has 0 radical (unpaired) electrons. The maximum Gasteiger partial charge on any atom is 0.261 e. The van der Waals surface area contributed by atoms with Gasteiger partial charge in [0.05, 0.1) is 5.02 Å². The Balaban J connectivity index is 2.60. The van der Waals surface area contributed by atoms with Gasteiger partial charge in [-0.3, -0.25) is 4.79 Å². The molecule has 1 amide bonds. The van der Waals surface area contributed by atoms with E-state index in [1.807, 2.05) is 6.92 Å². The maximum absolute atomic E-state index is 11.7. The molecule has 0 heterocycles. The standard InChI is InChI=1S/C13H15Cl2NO2/c1-8(2)7-16-13(17)9(3)18-12-5-4-10(14)6-11(12)15/h4-6,9H,1,7H2,2-3H3,(H,16,17). The second-order valence-electron chi connectivity index (χ2n) is 4.01. The second kappa shape index (κ2) is 6.66. The van der Waals surface area contributed by atoms with Gasteiger partial charge in [0.25, 0.3) is 5.91 Å². The van der Waals surface area contributed by atoms with Crippen molar-refractivity contribution in [3.8, 4) is 5.75 Å². The van der Waals surface area contributed by atoms with Crippen LogP contribution in [0.5, 0.6) is 5.75 Å². The van der Waals surface area contributed by atoms with Gasteiger partial charge >= 0.3 is 0 Å². The van der Waals surface area contributed by atoms with Gasteiger partial charge in [0.1, 0.15) is 5.75 Å². The molecule has 1 N–H and O–H groups in total. The molecule has 1 aromatic carbocycles. The average Bonchev–Trinajstić information content (AvgIpc) is 2.29. The average molecular weight is 288 g/mol. The largest absolute Gasteiger partial charge is 0.479 e. The lowest BCUT2D eigenvalue weighted by Gasteiger charge is -2.15. The Kier molecular flexibility index (Phi) is 5.51. The smallest absolute Gasteiger partial charge is 0.261 e. The Morgan fingerprint density at radius 1 is 1.50 bits per heavy atom. The fourth-order valence-corrected chi connectivity index (χ4v) is 1.65. The number of ether oxygens (including phenoxy) is 1. The molecule has 0 fully saturated rings. The zero-order valence-corrected chi connectivity index (χ0v) is 11.8. The molecule has 0 aliphatic carbocycles. The Morgan fingerprint density at radius 2 is 2.17 bits per heavy atom. The molecule has 3 nitrogen and oxygen atoms in total. The van der Waals surface area contributed by atoms with Gasteiger partial charge < -0.3 is 10.1 Å². The minimum Gasteiger partial charge on any atom is -0.479 e. The highest BCUT2D eigenvalue weighted by Crippen LogP contribution is 2.28. The third-order valence-corrected chi connectivity index (χ3v) is 2.66. The lowest BCUT2D eigenvalue weighted by atomic mass is 10.3. The van der Waals surface area contributed by atoms with Crippen molar-refractivity contribution in [2.24, 2.45) is 0 Å². The van der Waals surface area contributed by atoms with Crippen LogP contribution in [0.4, 0.5) is 0 Å². The molecule has 1 aromatic rings. The van der Waals surface area contributed by atoms with Crippen LogP contribution in [0.25, 0.3) is 0 Å². The van der Waals surface area contributed by atoms with Gasteiger partial charge in [-0.2, -0.15) is 0 Å². The van der Waals surface area contributed by atoms with E-state index < -0.39 is 6.10 Å². The fourth-order valence-electron chi connectivity index (χ4n) is 1.20. The molecule has 0 aliphatic rings. The summed E-state index contributed by atoms with van der Waals surface area (Å²) in [5, 5.41) is 3.60. The summed E-state index contributed by atoms with van der Waals surface area (Å²) < 4.78 is 5.46. The molecule has 98 valence electrons. The van der Waals surface area contributed by atoms with Crippen LogP contribution < -0.4 is 10.1 Å². The van der Waals surface area contributed by atoms with Gasteiger partial charge in [-0.25, -0.2) is 0 Å². The fraction of sp³-hybridized carbons (Fsp3) is 0.308. The summed E-state index contributed by atoms with van der Waals surface area (Å²) in [6.07, 6.45) is -0.636. The highest BCUT2D eigenvalue weighted by Gasteiger charge is 2.15. The minimum atomic E-state index is -0.636. The van der Waals surface area contributed by atoms with Crippen LogP contribution in [-0.4, -0.2) is 18.6 Å². The van der Waals surface area contributed by atoms with Crippen LogP contribution in [-0.2, 0) is 4.79 Å². The van der Waals surface area contributed by atoms with Crippen molar-refractivity contribution in [1.29, 1.82) is 0 Å². The number of hydrogen-bond donors (Lipinski definition) is 1. The number of nitrogens with one attached hydrogen (secondary N) is 1. The third-order valence-electron chi connectivity index (χ3n) is 2.13. The first-order chi connectivity index (χ1) is 8.40. The van der Waals surface area contributed by atoms with Crippen LogP contribution in [0.15, 0.2) is 30.4 Å². The Bertz CT molecular complexity index is 460. The van der Waals surface area contributed by atoms with Crippen molar-refractivity contribution in [3.05, 3.63) is 40.4 Å². The molecular formula is C13H15Cl2NO2. The molecule has 1 rings (SSSR count). The van der Waals surface area contributed by atoms with Crippen LogP contribution in [0.2, 0.25) is 10.0 Å². The summed E-state index contributed by atoms with van der Waals surface area (Å²) >= 11 is 11.7. The summed E-state index contributed by atoms with van der Waals surface area (Å²) in [7, 11) is 0. The molecule has 18 heavy (non-hydrogen) atoms. The first kappa shape index (κ1) is 14.9. The Morgan fingerprint density at radius 3 is 2.72 bits per heavy atom. The molecule has 0 saturated heterocycles. The van der Waals surface area contributed by atoms with E-state index >= 15 is 0 Å². The van der Waals surface area contributed by atoms with Crippen molar-refractivity contribution < 1.29 is 9.53 Å². The van der Waals surface area contributed by atoms with Crippen molar-refractivity contribution in [3.63, 3.8) is 0 Å². The SMILES string of the molecule is C=C(C)CNC(=O)C(C)Oc1ccc(Cl)cc1Cl. The highest BCUT2D eigenvalue weighted by atomic mass is 35.5. The lowest BCUT2D eigenvalue weighted by Crippen LogP contribution is -2.37. The zero-order valence-electron chi connectivity index (χ0n) is 10.3. The Hall–Kier alpha value is -1.19. The van der Waals surface area contributed by atoms with Crippen molar-refractivity contribution >= 4 is 29.1 Å². The van der Waals surface area contributed by atoms with Gasteiger partial charge in [0.2, 0.25) is 0 Å². The van der Waals surface area contributed by atoms with E-state index in [2.05, 4.69) is 11.9 Å². The van der Waals surface area contributed by atoms with E-state index in [0.717, 1.165) is 5.57 Å². The number of amides is 1. The minimum absolute atomic E-state index is 0.219. The quantitative estimate of drug-likeness (QED) is 0.843. The first-order valence-electron chi connectivity index (χ1n) is 5.44. The number of benzene rings is 1. The number of carbonyl (C=O) groups excluding carboxylic acids is 1. The predicted octanol–water partition coefficient (Wildman–Crippen LogP) is 3.45. The number of carbonyl (C=O) groups is 1. The summed E-state index contributed by atoms with van der Waals surface area (Å²) in [5.74, 6) is 0.211. The lowest BCUT2D eigenvalue weighted by molar-refractivity contribution is -0.127. The highest BCUT2D eigenvalue weighted by molar-refractivity contribution is 6.35. The second-order valence-corrected chi connectivity index (χ2v) is 4.85. The van der Waals surface area contributed by atoms with Crippen molar-refractivity contribution in [2.45, 2.75) is 20.0 Å². The number of rotatable bonds is 5. The molecule has 5 heteroatoms. The molecule has 0 spiro atoms. The molecule has 0 saturated carbocycles. The van der Waals surface area contributed by atoms with E-state index in [0.29, 0.717) is 22.3 Å². The monoisotopic (exact) mass is 287 g/mol. The maximum atomic E-state index is 11.7. The van der Waals surface area contributed by atoms with E-state index in [-0.39, 0.29) is 5.91 Å². The molecule has 1 unspecified atom stereocenters. The van der Waals surface area contributed by atoms with E-state index in [9.17, 15) is 4.79 Å². The predicted molar refractivity (Wildman–Crippen MR) is 74.4 cm³/mol.